The number of carbonyl (C=O) groups is 2. The Morgan fingerprint density at radius 1 is 1.09 bits per heavy atom. The predicted octanol–water partition coefficient (Wildman–Crippen LogP) is 4.77. The summed E-state index contributed by atoms with van der Waals surface area (Å²) >= 11 is 0. The molecule has 0 radical (unpaired) electrons. The largest absolute Gasteiger partial charge is 0.493 e. The van der Waals surface area contributed by atoms with E-state index in [1.165, 1.54) is 6.07 Å². The Morgan fingerprint density at radius 3 is 2.50 bits per heavy atom. The van der Waals surface area contributed by atoms with Crippen LogP contribution >= 0.6 is 0 Å². The predicted molar refractivity (Wildman–Crippen MR) is 125 cm³/mol. The van der Waals surface area contributed by atoms with E-state index in [0.717, 1.165) is 5.56 Å². The van der Waals surface area contributed by atoms with Crippen molar-refractivity contribution in [2.75, 3.05) is 20.8 Å². The number of ketones is 1. The summed E-state index contributed by atoms with van der Waals surface area (Å²) in [6.45, 7) is 3.65. The molecule has 178 valence electrons. The third-order valence-electron chi connectivity index (χ3n) is 6.42. The highest BCUT2D eigenvalue weighted by atomic mass is 19.1. The lowest BCUT2D eigenvalue weighted by atomic mass is 9.71. The second-order valence-corrected chi connectivity index (χ2v) is 8.37. The number of hydrogen-bond acceptors (Lipinski definition) is 6. The van der Waals surface area contributed by atoms with E-state index in [-0.39, 0.29) is 35.9 Å². The van der Waals surface area contributed by atoms with Crippen LogP contribution in [-0.2, 0) is 14.3 Å². The zero-order valence-corrected chi connectivity index (χ0v) is 19.7. The first-order chi connectivity index (χ1) is 16.4. The van der Waals surface area contributed by atoms with Gasteiger partial charge in [-0.2, -0.15) is 0 Å². The van der Waals surface area contributed by atoms with Gasteiger partial charge in [-0.15, -0.1) is 0 Å². The van der Waals surface area contributed by atoms with E-state index in [4.69, 9.17) is 14.2 Å². The number of methoxy groups -OCH3 is 2. The van der Waals surface area contributed by atoms with Gasteiger partial charge in [0.15, 0.2) is 17.3 Å². The van der Waals surface area contributed by atoms with E-state index >= 15 is 0 Å². The quantitative estimate of drug-likeness (QED) is 0.620. The van der Waals surface area contributed by atoms with Gasteiger partial charge in [0, 0.05) is 29.0 Å². The first kappa shape index (κ1) is 23.5. The number of rotatable bonds is 6. The Balaban J connectivity index is 1.79. The van der Waals surface area contributed by atoms with E-state index in [1.54, 1.807) is 46.3 Å². The number of carbonyl (C=O) groups excluding carboxylic acids is 2. The number of allylic oxidation sites excluding steroid dienone is 3. The number of hydrogen-bond donors (Lipinski definition) is 1. The van der Waals surface area contributed by atoms with Crippen LogP contribution < -0.4 is 14.8 Å². The van der Waals surface area contributed by atoms with Crippen molar-refractivity contribution in [3.63, 3.8) is 0 Å². The lowest BCUT2D eigenvalue weighted by Gasteiger charge is -2.36. The van der Waals surface area contributed by atoms with Gasteiger partial charge < -0.3 is 19.5 Å². The van der Waals surface area contributed by atoms with Crippen LogP contribution in [0.15, 0.2) is 65.0 Å². The first-order valence-electron chi connectivity index (χ1n) is 11.3. The molecule has 1 aliphatic carbocycles. The highest BCUT2D eigenvalue weighted by molar-refractivity contribution is 6.04. The van der Waals surface area contributed by atoms with E-state index in [0.29, 0.717) is 34.9 Å². The van der Waals surface area contributed by atoms with Gasteiger partial charge in [0.1, 0.15) is 5.82 Å². The Morgan fingerprint density at radius 2 is 1.82 bits per heavy atom. The second-order valence-electron chi connectivity index (χ2n) is 8.37. The molecule has 2 atom stereocenters. The van der Waals surface area contributed by atoms with E-state index in [1.807, 2.05) is 18.2 Å². The normalized spacial score (nSPS) is 20.0. The summed E-state index contributed by atoms with van der Waals surface area (Å²) in [6, 6.07) is 11.9. The maximum atomic E-state index is 15.0. The lowest BCUT2D eigenvalue weighted by molar-refractivity contribution is -0.138. The molecule has 2 aromatic rings. The fraction of sp³-hybridized carbons (Fsp3) is 0.333. The van der Waals surface area contributed by atoms with Gasteiger partial charge in [0.2, 0.25) is 0 Å². The summed E-state index contributed by atoms with van der Waals surface area (Å²) in [4.78, 5) is 26.5. The van der Waals surface area contributed by atoms with Crippen LogP contribution in [0.4, 0.5) is 4.39 Å². The van der Waals surface area contributed by atoms with E-state index < -0.39 is 17.7 Å². The summed E-state index contributed by atoms with van der Waals surface area (Å²) in [5, 5.41) is 3.27. The third kappa shape index (κ3) is 4.18. The van der Waals surface area contributed by atoms with Crippen molar-refractivity contribution < 1.29 is 28.2 Å². The summed E-state index contributed by atoms with van der Waals surface area (Å²) in [7, 11) is 3.14. The van der Waals surface area contributed by atoms with Crippen LogP contribution in [0.25, 0.3) is 0 Å². The summed E-state index contributed by atoms with van der Waals surface area (Å²) in [5.41, 5.74) is 3.19. The van der Waals surface area contributed by atoms with Gasteiger partial charge in [0.25, 0.3) is 0 Å². The number of esters is 1. The molecule has 1 N–H and O–H groups in total. The van der Waals surface area contributed by atoms with Gasteiger partial charge in [-0.05, 0) is 49.9 Å². The van der Waals surface area contributed by atoms with Crippen LogP contribution in [0, 0.1) is 5.82 Å². The van der Waals surface area contributed by atoms with Crippen molar-refractivity contribution in [2.24, 2.45) is 0 Å². The van der Waals surface area contributed by atoms with Crippen LogP contribution in [0.1, 0.15) is 49.7 Å². The number of benzene rings is 2. The highest BCUT2D eigenvalue weighted by Gasteiger charge is 2.42. The minimum Gasteiger partial charge on any atom is -0.493 e. The molecular weight excluding hydrogens is 437 g/mol. The van der Waals surface area contributed by atoms with Crippen LogP contribution in [0.2, 0.25) is 0 Å². The molecule has 0 saturated carbocycles. The zero-order chi connectivity index (χ0) is 24.4. The summed E-state index contributed by atoms with van der Waals surface area (Å²) in [6.07, 6.45) is 0.769. The first-order valence-corrected chi connectivity index (χ1v) is 11.3. The minimum atomic E-state index is -0.824. The molecule has 1 heterocycles. The molecule has 0 fully saturated rings. The molecule has 4 rings (SSSR count). The minimum absolute atomic E-state index is 0.100. The van der Waals surface area contributed by atoms with Crippen molar-refractivity contribution in [1.29, 1.82) is 0 Å². The fourth-order valence-electron chi connectivity index (χ4n) is 4.88. The topological polar surface area (TPSA) is 73.9 Å². The Hall–Kier alpha value is -3.61. The van der Waals surface area contributed by atoms with Crippen molar-refractivity contribution >= 4 is 11.8 Å². The summed E-state index contributed by atoms with van der Waals surface area (Å²) in [5.74, 6) is -0.869. The number of dihydropyridines is 1. The Labute approximate surface area is 198 Å². The van der Waals surface area contributed by atoms with Crippen LogP contribution in [-0.4, -0.2) is 32.6 Å². The molecule has 0 spiro atoms. The molecule has 2 unspecified atom stereocenters. The number of halogens is 1. The third-order valence-corrected chi connectivity index (χ3v) is 6.42. The number of nitrogens with one attached hydrogen (secondary N) is 1. The lowest BCUT2D eigenvalue weighted by Crippen LogP contribution is -2.36. The molecule has 6 nitrogen and oxygen atoms in total. The smallest absolute Gasteiger partial charge is 0.336 e. The fourth-order valence-corrected chi connectivity index (χ4v) is 4.88. The van der Waals surface area contributed by atoms with Crippen molar-refractivity contribution in [3.05, 3.63) is 81.9 Å². The maximum Gasteiger partial charge on any atom is 0.336 e. The van der Waals surface area contributed by atoms with Gasteiger partial charge in [-0.3, -0.25) is 4.79 Å². The number of ether oxygens (including phenoxy) is 3. The Bertz CT molecular complexity index is 1200. The van der Waals surface area contributed by atoms with Crippen molar-refractivity contribution in [3.8, 4) is 11.5 Å². The molecular formula is C27H28FNO5. The zero-order valence-electron chi connectivity index (χ0n) is 19.7. The maximum absolute atomic E-state index is 15.0. The van der Waals surface area contributed by atoms with E-state index in [9.17, 15) is 14.0 Å². The van der Waals surface area contributed by atoms with Gasteiger partial charge in [-0.1, -0.05) is 24.3 Å². The standard InChI is InChI=1S/C27H28FNO5/c1-5-34-27(31)24-15(2)29-20-12-17(16-10-11-22(32-3)23(14-16)33-4)13-21(30)26(20)25(24)18-8-6-7-9-19(18)28/h6-11,14,17,25,29H,5,12-13H2,1-4H3. The van der Waals surface area contributed by atoms with Gasteiger partial charge in [-0.25, -0.2) is 9.18 Å². The highest BCUT2D eigenvalue weighted by Crippen LogP contribution is 2.46. The Kier molecular flexibility index (Phi) is 6.72. The molecule has 0 amide bonds. The molecule has 0 bridgehead atoms. The molecule has 7 heteroatoms. The van der Waals surface area contributed by atoms with Gasteiger partial charge in [0.05, 0.1) is 32.3 Å². The molecule has 0 saturated heterocycles. The molecule has 0 aromatic heterocycles. The monoisotopic (exact) mass is 465 g/mol. The van der Waals surface area contributed by atoms with Gasteiger partial charge >= 0.3 is 5.97 Å². The summed E-state index contributed by atoms with van der Waals surface area (Å²) < 4.78 is 31.0. The average Bonchev–Trinajstić information content (AvgIpc) is 2.83. The SMILES string of the molecule is CCOC(=O)C1=C(C)NC2=C(C(=O)CC(c3ccc(OC)c(OC)c3)C2)C1c1ccccc1F. The number of Topliss-reactive ketones (excluding diaryl/α,β-unsaturated/α-hetero) is 1. The average molecular weight is 466 g/mol. The molecule has 2 aliphatic rings. The van der Waals surface area contributed by atoms with Crippen LogP contribution in [0.3, 0.4) is 0 Å². The van der Waals surface area contributed by atoms with Crippen LogP contribution in [0.5, 0.6) is 11.5 Å². The second kappa shape index (κ2) is 9.71. The van der Waals surface area contributed by atoms with Crippen molar-refractivity contribution in [2.45, 2.75) is 38.5 Å². The molecule has 1 aliphatic heterocycles. The molecule has 34 heavy (non-hydrogen) atoms. The van der Waals surface area contributed by atoms with E-state index in [2.05, 4.69) is 5.32 Å². The van der Waals surface area contributed by atoms with Crippen molar-refractivity contribution in [1.82, 2.24) is 5.32 Å². The molecule has 2 aromatic carbocycles.